The van der Waals surface area contributed by atoms with Crippen molar-refractivity contribution in [2.45, 2.75) is 20.3 Å². The standard InChI is InChI=1S/C12H16N2O3/c1-3-14-6-5-9-10(11(14)15)8(7-13-9)12(16)17-4-2/h7,13H,3-6H2,1-2H3. The first kappa shape index (κ1) is 11.7. The molecule has 2 rings (SSSR count). The van der Waals surface area contributed by atoms with Gasteiger partial charge in [0.05, 0.1) is 17.7 Å². The van der Waals surface area contributed by atoms with Crippen LogP contribution in [0.4, 0.5) is 0 Å². The van der Waals surface area contributed by atoms with Crippen LogP contribution in [0.1, 0.15) is 40.3 Å². The van der Waals surface area contributed by atoms with Crippen molar-refractivity contribution < 1.29 is 14.3 Å². The molecule has 92 valence electrons. The highest BCUT2D eigenvalue weighted by Crippen LogP contribution is 2.22. The van der Waals surface area contributed by atoms with Gasteiger partial charge in [-0.1, -0.05) is 0 Å². The predicted octanol–water partition coefficient (Wildman–Crippen LogP) is 1.21. The van der Waals surface area contributed by atoms with Crippen LogP contribution in [0.5, 0.6) is 0 Å². The van der Waals surface area contributed by atoms with Crippen molar-refractivity contribution in [3.05, 3.63) is 23.0 Å². The highest BCUT2D eigenvalue weighted by atomic mass is 16.5. The summed E-state index contributed by atoms with van der Waals surface area (Å²) < 4.78 is 4.94. The fourth-order valence-corrected chi connectivity index (χ4v) is 2.09. The summed E-state index contributed by atoms with van der Waals surface area (Å²) in [6.45, 7) is 5.35. The third-order valence-electron chi connectivity index (χ3n) is 2.97. The Labute approximate surface area is 99.8 Å². The van der Waals surface area contributed by atoms with Crippen LogP contribution >= 0.6 is 0 Å². The molecule has 0 radical (unpaired) electrons. The van der Waals surface area contributed by atoms with Crippen LogP contribution in [0.3, 0.4) is 0 Å². The van der Waals surface area contributed by atoms with Crippen molar-refractivity contribution >= 4 is 11.9 Å². The third kappa shape index (κ3) is 1.92. The monoisotopic (exact) mass is 236 g/mol. The van der Waals surface area contributed by atoms with Crippen molar-refractivity contribution in [1.29, 1.82) is 0 Å². The van der Waals surface area contributed by atoms with Crippen molar-refractivity contribution in [3.8, 4) is 0 Å². The van der Waals surface area contributed by atoms with Gasteiger partial charge in [0, 0.05) is 31.4 Å². The molecule has 1 aromatic rings. The molecule has 0 spiro atoms. The molecule has 0 saturated carbocycles. The zero-order chi connectivity index (χ0) is 12.4. The number of aromatic nitrogens is 1. The number of likely N-dealkylation sites (N-methyl/N-ethyl adjacent to an activating group) is 1. The maximum absolute atomic E-state index is 12.1. The predicted molar refractivity (Wildman–Crippen MR) is 62.0 cm³/mol. The molecule has 5 nitrogen and oxygen atoms in total. The van der Waals surface area contributed by atoms with E-state index < -0.39 is 5.97 Å². The average Bonchev–Trinajstić information content (AvgIpc) is 2.74. The number of carbonyl (C=O) groups is 2. The van der Waals surface area contributed by atoms with E-state index in [0.29, 0.717) is 30.8 Å². The SMILES string of the molecule is CCOC(=O)c1c[nH]c2c1C(=O)N(CC)CC2. The Morgan fingerprint density at radius 2 is 2.29 bits per heavy atom. The molecule has 0 atom stereocenters. The Morgan fingerprint density at radius 1 is 1.53 bits per heavy atom. The first-order valence-electron chi connectivity index (χ1n) is 5.85. The lowest BCUT2D eigenvalue weighted by atomic mass is 10.0. The summed E-state index contributed by atoms with van der Waals surface area (Å²) in [6.07, 6.45) is 2.33. The summed E-state index contributed by atoms with van der Waals surface area (Å²) in [5, 5.41) is 0. The third-order valence-corrected chi connectivity index (χ3v) is 2.97. The zero-order valence-electron chi connectivity index (χ0n) is 10.1. The van der Waals surface area contributed by atoms with Gasteiger partial charge in [-0.15, -0.1) is 0 Å². The van der Waals surface area contributed by atoms with Gasteiger partial charge in [0.2, 0.25) is 0 Å². The topological polar surface area (TPSA) is 62.4 Å². The van der Waals surface area contributed by atoms with Crippen LogP contribution in [0.15, 0.2) is 6.20 Å². The lowest BCUT2D eigenvalue weighted by Gasteiger charge is -2.25. The first-order valence-corrected chi connectivity index (χ1v) is 5.85. The summed E-state index contributed by atoms with van der Waals surface area (Å²) in [5.41, 5.74) is 1.67. The van der Waals surface area contributed by atoms with E-state index in [-0.39, 0.29) is 5.91 Å². The smallest absolute Gasteiger partial charge is 0.340 e. The van der Waals surface area contributed by atoms with E-state index >= 15 is 0 Å². The Kier molecular flexibility index (Phi) is 3.17. The molecular weight excluding hydrogens is 220 g/mol. The molecule has 0 saturated heterocycles. The number of carbonyl (C=O) groups excluding carboxylic acids is 2. The molecule has 0 fully saturated rings. The maximum Gasteiger partial charge on any atom is 0.340 e. The molecule has 0 bridgehead atoms. The van der Waals surface area contributed by atoms with E-state index in [9.17, 15) is 9.59 Å². The van der Waals surface area contributed by atoms with Gasteiger partial charge < -0.3 is 14.6 Å². The summed E-state index contributed by atoms with van der Waals surface area (Å²) in [4.78, 5) is 28.6. The highest BCUT2D eigenvalue weighted by Gasteiger charge is 2.30. The lowest BCUT2D eigenvalue weighted by molar-refractivity contribution is 0.0518. The van der Waals surface area contributed by atoms with Gasteiger partial charge in [0.15, 0.2) is 0 Å². The number of nitrogens with one attached hydrogen (secondary N) is 1. The van der Waals surface area contributed by atoms with Crippen LogP contribution in [-0.4, -0.2) is 41.5 Å². The van der Waals surface area contributed by atoms with Gasteiger partial charge in [-0.3, -0.25) is 4.79 Å². The molecule has 0 aliphatic carbocycles. The quantitative estimate of drug-likeness (QED) is 0.802. The number of hydrogen-bond donors (Lipinski definition) is 1. The van der Waals surface area contributed by atoms with E-state index in [0.717, 1.165) is 12.1 Å². The Bertz CT molecular complexity index is 451. The number of ether oxygens (including phenoxy) is 1. The summed E-state index contributed by atoms with van der Waals surface area (Å²) in [6, 6.07) is 0. The van der Waals surface area contributed by atoms with Crippen molar-refractivity contribution in [3.63, 3.8) is 0 Å². The molecule has 1 amide bonds. The number of H-pyrrole nitrogens is 1. The van der Waals surface area contributed by atoms with Gasteiger partial charge >= 0.3 is 5.97 Å². The molecule has 0 aromatic carbocycles. The van der Waals surface area contributed by atoms with Gasteiger partial charge in [-0.2, -0.15) is 0 Å². The molecule has 1 aliphatic heterocycles. The number of hydrogen-bond acceptors (Lipinski definition) is 3. The van der Waals surface area contributed by atoms with E-state index in [1.807, 2.05) is 6.92 Å². The number of fused-ring (bicyclic) bond motifs is 1. The zero-order valence-corrected chi connectivity index (χ0v) is 10.1. The van der Waals surface area contributed by atoms with Crippen LogP contribution in [0, 0.1) is 0 Å². The van der Waals surface area contributed by atoms with Crippen LogP contribution in [0.2, 0.25) is 0 Å². The van der Waals surface area contributed by atoms with Gasteiger partial charge in [-0.05, 0) is 13.8 Å². The Hall–Kier alpha value is -1.78. The van der Waals surface area contributed by atoms with E-state index in [1.165, 1.54) is 0 Å². The van der Waals surface area contributed by atoms with Crippen LogP contribution in [0.25, 0.3) is 0 Å². The maximum atomic E-state index is 12.1. The summed E-state index contributed by atoms with van der Waals surface area (Å²) in [5.74, 6) is -0.519. The lowest BCUT2D eigenvalue weighted by Crippen LogP contribution is -2.37. The Morgan fingerprint density at radius 3 is 2.94 bits per heavy atom. The number of aromatic amines is 1. The molecular formula is C12H16N2O3. The van der Waals surface area contributed by atoms with Crippen molar-refractivity contribution in [1.82, 2.24) is 9.88 Å². The van der Waals surface area contributed by atoms with Crippen molar-refractivity contribution in [2.24, 2.45) is 0 Å². The number of esters is 1. The minimum Gasteiger partial charge on any atom is -0.462 e. The second kappa shape index (κ2) is 4.61. The molecule has 1 aromatic heterocycles. The highest BCUT2D eigenvalue weighted by molar-refractivity contribution is 6.06. The fourth-order valence-electron chi connectivity index (χ4n) is 2.09. The second-order valence-electron chi connectivity index (χ2n) is 3.91. The minimum atomic E-state index is -0.434. The molecule has 1 N–H and O–H groups in total. The molecule has 17 heavy (non-hydrogen) atoms. The summed E-state index contributed by atoms with van der Waals surface area (Å²) in [7, 11) is 0. The number of rotatable bonds is 3. The Balaban J connectivity index is 2.36. The molecule has 2 heterocycles. The van der Waals surface area contributed by atoms with Crippen LogP contribution in [-0.2, 0) is 11.2 Å². The molecule has 1 aliphatic rings. The van der Waals surface area contributed by atoms with Crippen LogP contribution < -0.4 is 0 Å². The van der Waals surface area contributed by atoms with E-state index in [1.54, 1.807) is 18.0 Å². The molecule has 5 heteroatoms. The van der Waals surface area contributed by atoms with Gasteiger partial charge in [0.25, 0.3) is 5.91 Å². The fraction of sp³-hybridized carbons (Fsp3) is 0.500. The van der Waals surface area contributed by atoms with Gasteiger partial charge in [-0.25, -0.2) is 4.79 Å². The van der Waals surface area contributed by atoms with Gasteiger partial charge in [0.1, 0.15) is 0 Å². The van der Waals surface area contributed by atoms with E-state index in [4.69, 9.17) is 4.74 Å². The second-order valence-corrected chi connectivity index (χ2v) is 3.91. The molecule has 0 unspecified atom stereocenters. The number of nitrogens with zero attached hydrogens (tertiary/aromatic N) is 1. The van der Waals surface area contributed by atoms with Crippen molar-refractivity contribution in [2.75, 3.05) is 19.7 Å². The average molecular weight is 236 g/mol. The first-order chi connectivity index (χ1) is 8.19. The normalized spacial score (nSPS) is 14.7. The number of amides is 1. The van der Waals surface area contributed by atoms with E-state index in [2.05, 4.69) is 4.98 Å². The minimum absolute atomic E-state index is 0.0851. The summed E-state index contributed by atoms with van der Waals surface area (Å²) >= 11 is 0. The largest absolute Gasteiger partial charge is 0.462 e.